The minimum Gasteiger partial charge on any atom is -0.497 e. The molecule has 98 valence electrons. The lowest BCUT2D eigenvalue weighted by Crippen LogP contribution is -2.11. The van der Waals surface area contributed by atoms with Gasteiger partial charge in [-0.2, -0.15) is 0 Å². The minimum absolute atomic E-state index is 0.286. The third kappa shape index (κ3) is 3.42. The Morgan fingerprint density at radius 1 is 1.37 bits per heavy atom. The number of aromatic nitrogens is 1. The quantitative estimate of drug-likeness (QED) is 0.838. The number of hydrogen-bond donors (Lipinski definition) is 2. The zero-order valence-corrected chi connectivity index (χ0v) is 12.6. The van der Waals surface area contributed by atoms with E-state index in [1.165, 1.54) is 0 Å². The maximum Gasteiger partial charge on any atom is 0.122 e. The topological polar surface area (TPSA) is 60.2 Å². The van der Waals surface area contributed by atoms with E-state index in [2.05, 4.69) is 26.2 Å². The van der Waals surface area contributed by atoms with Gasteiger partial charge in [-0.3, -0.25) is 4.98 Å². The van der Waals surface area contributed by atoms with Crippen LogP contribution in [0, 0.1) is 0 Å². The van der Waals surface area contributed by atoms with Crippen molar-refractivity contribution in [1.82, 2.24) is 4.98 Å². The van der Waals surface area contributed by atoms with Gasteiger partial charge in [0.2, 0.25) is 0 Å². The average molecular weight is 338 g/mol. The molecule has 0 unspecified atom stereocenters. The first-order valence-corrected chi connectivity index (χ1v) is 6.66. The van der Waals surface area contributed by atoms with Crippen LogP contribution in [0.2, 0.25) is 0 Å². The number of pyridine rings is 1. The first-order valence-electron chi connectivity index (χ1n) is 5.46. The number of thiocarbonyl (C=S) groups is 1. The molecule has 0 aliphatic heterocycles. The molecule has 0 aliphatic rings. The van der Waals surface area contributed by atoms with E-state index < -0.39 is 0 Å². The normalized spacial score (nSPS) is 10.0. The van der Waals surface area contributed by atoms with Crippen LogP contribution in [0.15, 0.2) is 41.0 Å². The molecular formula is C13H12BrN3OS. The monoisotopic (exact) mass is 337 g/mol. The summed E-state index contributed by atoms with van der Waals surface area (Å²) in [6.45, 7) is 0. The molecule has 2 aromatic rings. The van der Waals surface area contributed by atoms with Crippen LogP contribution in [-0.4, -0.2) is 17.1 Å². The highest BCUT2D eigenvalue weighted by Gasteiger charge is 2.04. The Bertz CT molecular complexity index is 601. The van der Waals surface area contributed by atoms with Gasteiger partial charge < -0.3 is 15.8 Å². The zero-order chi connectivity index (χ0) is 13.8. The summed E-state index contributed by atoms with van der Waals surface area (Å²) in [5, 5.41) is 3.24. The van der Waals surface area contributed by atoms with Crippen molar-refractivity contribution in [2.24, 2.45) is 5.73 Å². The number of benzene rings is 1. The number of ether oxygens (including phenoxy) is 1. The molecular weight excluding hydrogens is 326 g/mol. The molecule has 0 amide bonds. The Hall–Kier alpha value is -1.66. The number of nitrogens with two attached hydrogens (primary N) is 1. The lowest BCUT2D eigenvalue weighted by molar-refractivity contribution is 0.415. The molecule has 0 bridgehead atoms. The summed E-state index contributed by atoms with van der Waals surface area (Å²) >= 11 is 8.34. The predicted octanol–water partition coefficient (Wildman–Crippen LogP) is 3.23. The van der Waals surface area contributed by atoms with Gasteiger partial charge in [-0.15, -0.1) is 0 Å². The van der Waals surface area contributed by atoms with E-state index in [4.69, 9.17) is 22.7 Å². The van der Waals surface area contributed by atoms with Crippen molar-refractivity contribution in [1.29, 1.82) is 0 Å². The number of anilines is 2. The highest BCUT2D eigenvalue weighted by molar-refractivity contribution is 9.10. The van der Waals surface area contributed by atoms with Gasteiger partial charge in [0.05, 0.1) is 30.4 Å². The maximum atomic E-state index is 5.50. The summed E-state index contributed by atoms with van der Waals surface area (Å²) in [6.07, 6.45) is 1.68. The lowest BCUT2D eigenvalue weighted by atomic mass is 10.2. The Morgan fingerprint density at radius 3 is 2.74 bits per heavy atom. The SMILES string of the molecule is COc1ccc(Br)c(Nc2ccc(C(N)=S)nc2)c1. The van der Waals surface area contributed by atoms with Crippen molar-refractivity contribution in [2.75, 3.05) is 12.4 Å². The minimum atomic E-state index is 0.286. The maximum absolute atomic E-state index is 5.50. The van der Waals surface area contributed by atoms with E-state index in [0.29, 0.717) is 5.69 Å². The molecule has 0 fully saturated rings. The van der Waals surface area contributed by atoms with Gasteiger partial charge in [0.25, 0.3) is 0 Å². The van der Waals surface area contributed by atoms with Gasteiger partial charge in [0.1, 0.15) is 10.7 Å². The molecule has 1 aromatic carbocycles. The van der Waals surface area contributed by atoms with Crippen LogP contribution in [0.25, 0.3) is 0 Å². The number of nitrogens with zero attached hydrogens (tertiary/aromatic N) is 1. The van der Waals surface area contributed by atoms with Crippen molar-refractivity contribution in [2.45, 2.75) is 0 Å². The first kappa shape index (κ1) is 13.8. The summed E-state index contributed by atoms with van der Waals surface area (Å²) < 4.78 is 6.12. The lowest BCUT2D eigenvalue weighted by Gasteiger charge is -2.10. The predicted molar refractivity (Wildman–Crippen MR) is 84.1 cm³/mol. The largest absolute Gasteiger partial charge is 0.497 e. The molecule has 1 heterocycles. The molecule has 2 rings (SSSR count). The van der Waals surface area contributed by atoms with Gasteiger partial charge in [0.15, 0.2) is 0 Å². The second-order valence-electron chi connectivity index (χ2n) is 3.77. The second-order valence-corrected chi connectivity index (χ2v) is 5.06. The Labute approximate surface area is 125 Å². The Kier molecular flexibility index (Phi) is 4.34. The molecule has 0 saturated carbocycles. The molecule has 6 heteroatoms. The summed E-state index contributed by atoms with van der Waals surface area (Å²) in [5.74, 6) is 0.776. The number of methoxy groups -OCH3 is 1. The fraction of sp³-hybridized carbons (Fsp3) is 0.0769. The van der Waals surface area contributed by atoms with Crippen LogP contribution in [-0.2, 0) is 0 Å². The Balaban J connectivity index is 2.23. The van der Waals surface area contributed by atoms with Crippen molar-refractivity contribution < 1.29 is 4.74 Å². The van der Waals surface area contributed by atoms with Crippen LogP contribution in [0.4, 0.5) is 11.4 Å². The van der Waals surface area contributed by atoms with Crippen LogP contribution < -0.4 is 15.8 Å². The van der Waals surface area contributed by atoms with E-state index in [1.807, 2.05) is 24.3 Å². The van der Waals surface area contributed by atoms with Crippen LogP contribution in [0.1, 0.15) is 5.69 Å². The molecule has 0 radical (unpaired) electrons. The number of rotatable bonds is 4. The number of halogens is 1. The molecule has 1 aromatic heterocycles. The van der Waals surface area contributed by atoms with Gasteiger partial charge in [-0.1, -0.05) is 12.2 Å². The third-order valence-electron chi connectivity index (χ3n) is 2.47. The highest BCUT2D eigenvalue weighted by Crippen LogP contribution is 2.29. The van der Waals surface area contributed by atoms with E-state index in [-0.39, 0.29) is 4.99 Å². The van der Waals surface area contributed by atoms with Gasteiger partial charge >= 0.3 is 0 Å². The van der Waals surface area contributed by atoms with E-state index in [1.54, 1.807) is 19.4 Å². The zero-order valence-electron chi connectivity index (χ0n) is 10.2. The van der Waals surface area contributed by atoms with E-state index >= 15 is 0 Å². The summed E-state index contributed by atoms with van der Waals surface area (Å²) in [5.41, 5.74) is 7.84. The van der Waals surface area contributed by atoms with Gasteiger partial charge in [-0.25, -0.2) is 0 Å². The van der Waals surface area contributed by atoms with E-state index in [9.17, 15) is 0 Å². The third-order valence-corrected chi connectivity index (χ3v) is 3.37. The molecule has 0 aliphatic carbocycles. The van der Waals surface area contributed by atoms with Crippen molar-refractivity contribution in [3.05, 3.63) is 46.7 Å². The summed E-state index contributed by atoms with van der Waals surface area (Å²) in [7, 11) is 1.63. The number of hydrogen-bond acceptors (Lipinski definition) is 4. The first-order chi connectivity index (χ1) is 9.10. The van der Waals surface area contributed by atoms with Crippen molar-refractivity contribution >= 4 is 44.5 Å². The van der Waals surface area contributed by atoms with E-state index in [0.717, 1.165) is 21.6 Å². The Morgan fingerprint density at radius 2 is 2.16 bits per heavy atom. The molecule has 0 atom stereocenters. The fourth-order valence-corrected chi connectivity index (χ4v) is 1.96. The van der Waals surface area contributed by atoms with Gasteiger partial charge in [0, 0.05) is 10.5 Å². The molecule has 4 nitrogen and oxygen atoms in total. The van der Waals surface area contributed by atoms with Crippen molar-refractivity contribution in [3.8, 4) is 5.75 Å². The standard InChI is InChI=1S/C13H12BrN3OS/c1-18-9-3-4-10(14)12(6-9)17-8-2-5-11(13(15)19)16-7-8/h2-7,17H,1H3,(H2,15,19). The fourth-order valence-electron chi connectivity index (χ4n) is 1.50. The van der Waals surface area contributed by atoms with Crippen LogP contribution in [0.3, 0.4) is 0 Å². The van der Waals surface area contributed by atoms with Crippen LogP contribution in [0.5, 0.6) is 5.75 Å². The average Bonchev–Trinajstić information content (AvgIpc) is 2.42. The molecule has 3 N–H and O–H groups in total. The van der Waals surface area contributed by atoms with Crippen LogP contribution >= 0.6 is 28.1 Å². The number of nitrogens with one attached hydrogen (secondary N) is 1. The molecule has 19 heavy (non-hydrogen) atoms. The molecule has 0 saturated heterocycles. The smallest absolute Gasteiger partial charge is 0.122 e. The van der Waals surface area contributed by atoms with Gasteiger partial charge in [-0.05, 0) is 40.2 Å². The summed E-state index contributed by atoms with van der Waals surface area (Å²) in [6, 6.07) is 9.33. The molecule has 0 spiro atoms. The van der Waals surface area contributed by atoms with Crippen molar-refractivity contribution in [3.63, 3.8) is 0 Å². The summed E-state index contributed by atoms with van der Waals surface area (Å²) in [4.78, 5) is 4.46. The second kappa shape index (κ2) is 5.99. The highest BCUT2D eigenvalue weighted by atomic mass is 79.9.